The Kier molecular flexibility index (Phi) is 25.7. The van der Waals surface area contributed by atoms with Crippen molar-refractivity contribution in [2.24, 2.45) is 34.0 Å². The molecule has 0 bridgehead atoms. The van der Waals surface area contributed by atoms with Crippen molar-refractivity contribution in [3.63, 3.8) is 0 Å². The van der Waals surface area contributed by atoms with Crippen LogP contribution in [0.15, 0.2) is 170 Å². The highest BCUT2D eigenvalue weighted by atomic mass is 28.5. The summed E-state index contributed by atoms with van der Waals surface area (Å²) >= 11 is 0. The number of methoxy groups -OCH3 is 2. The fraction of sp³-hybridized carbons (Fsp3) is 0.469. The van der Waals surface area contributed by atoms with Gasteiger partial charge in [-0.2, -0.15) is 0 Å². The van der Waals surface area contributed by atoms with Crippen molar-refractivity contribution in [2.45, 2.75) is 241 Å². The number of hydrogen-bond donors (Lipinski definition) is 0. The Hall–Kier alpha value is -8.26. The van der Waals surface area contributed by atoms with Crippen LogP contribution < -0.4 is 37.9 Å². The number of carbonyl (C=O) groups excluding carboxylic acids is 3. The Balaban J connectivity index is 0.644. The van der Waals surface area contributed by atoms with Gasteiger partial charge in [0.15, 0.2) is 39.6 Å². The second-order valence-electron chi connectivity index (χ2n) is 36.8. The standard InChI is InChI=1S/C96H124O13Si3/c1-65-56-76(94(74-32-24-22-25-33-74)51-48-91(8,9)69(5)62-94)38-44-80(65)102-88(97)103-81-46-40-78(58-67(81)3)96(53-50-93(12,13)71(7)64-96)79-41-47-83(68(4)59-79)105-90(99)107-85-43-37-73(61-87(85)101-15)31-29-55-111(18,19)109-112(20,21)108-110(16,17)54-28-30-72-36-42-84(86(60-72)100-14)106-89(98)104-82-45-39-77(57-66(82)2)95(75-34-26-23-27-35-75)52-49-92(10,11)70(6)63-95/h22-27,32-47,56-61,69-71H,28-31,48-55,62-64H2,1-21H3. The summed E-state index contributed by atoms with van der Waals surface area (Å²) in [5.41, 5.74) is 12.9. The minimum atomic E-state index is -2.53. The summed E-state index contributed by atoms with van der Waals surface area (Å²) < 4.78 is 61.1. The molecule has 0 saturated heterocycles. The molecule has 6 unspecified atom stereocenters. The third kappa shape index (κ3) is 19.6. The van der Waals surface area contributed by atoms with Gasteiger partial charge in [0, 0.05) is 16.2 Å². The third-order valence-corrected chi connectivity index (χ3v) is 37.7. The van der Waals surface area contributed by atoms with Crippen LogP contribution in [0.5, 0.6) is 46.0 Å². The van der Waals surface area contributed by atoms with Gasteiger partial charge in [0.1, 0.15) is 23.0 Å². The van der Waals surface area contributed by atoms with Gasteiger partial charge < -0.3 is 46.1 Å². The zero-order valence-corrected chi connectivity index (χ0v) is 73.8. The summed E-state index contributed by atoms with van der Waals surface area (Å²) in [5.74, 6) is 4.69. The van der Waals surface area contributed by atoms with Crippen LogP contribution in [0.1, 0.15) is 200 Å². The normalized spacial score (nSPS) is 21.6. The van der Waals surface area contributed by atoms with Gasteiger partial charge in [-0.3, -0.25) is 0 Å². The van der Waals surface area contributed by atoms with Gasteiger partial charge in [-0.05, 0) is 312 Å². The largest absolute Gasteiger partial charge is 0.519 e. The lowest BCUT2D eigenvalue weighted by Gasteiger charge is -2.49. The van der Waals surface area contributed by atoms with Crippen LogP contribution in [0.2, 0.25) is 51.4 Å². The van der Waals surface area contributed by atoms with Crippen molar-refractivity contribution in [2.75, 3.05) is 14.2 Å². The van der Waals surface area contributed by atoms with Crippen molar-refractivity contribution in [1.29, 1.82) is 0 Å². The second-order valence-corrected chi connectivity index (χ2v) is 49.3. The first-order chi connectivity index (χ1) is 52.8. The number of carbonyl (C=O) groups is 3. The molecule has 0 spiro atoms. The average Bonchev–Trinajstić information content (AvgIpc) is 0.756. The van der Waals surface area contributed by atoms with Gasteiger partial charge in [0.05, 0.1) is 14.2 Å². The summed E-state index contributed by atoms with van der Waals surface area (Å²) in [6.45, 7) is 42.8. The molecule has 13 nitrogen and oxygen atoms in total. The molecule has 16 heteroatoms. The molecule has 112 heavy (non-hydrogen) atoms. The van der Waals surface area contributed by atoms with E-state index in [4.69, 9.17) is 46.1 Å². The molecule has 11 rings (SSSR count). The van der Waals surface area contributed by atoms with Crippen LogP contribution >= 0.6 is 0 Å². The second kappa shape index (κ2) is 34.0. The van der Waals surface area contributed by atoms with E-state index in [9.17, 15) is 14.4 Å². The maximum absolute atomic E-state index is 13.7. The van der Waals surface area contributed by atoms with E-state index in [1.54, 1.807) is 26.4 Å². The summed E-state index contributed by atoms with van der Waals surface area (Å²) in [5, 5.41) is 0. The summed E-state index contributed by atoms with van der Waals surface area (Å²) in [6.07, 6.45) is 10.2. The van der Waals surface area contributed by atoms with Crippen LogP contribution in [0, 0.1) is 61.7 Å². The molecule has 0 amide bonds. The lowest BCUT2D eigenvalue weighted by molar-refractivity contribution is 0.107. The number of hydrogen-bond acceptors (Lipinski definition) is 13. The summed E-state index contributed by atoms with van der Waals surface area (Å²) in [4.78, 5) is 40.8. The highest BCUT2D eigenvalue weighted by Gasteiger charge is 2.49. The number of aryl methyl sites for hydroxylation is 6. The molecule has 0 N–H and O–H groups in total. The van der Waals surface area contributed by atoms with E-state index >= 15 is 0 Å². The van der Waals surface area contributed by atoms with E-state index in [-0.39, 0.29) is 38.2 Å². The van der Waals surface area contributed by atoms with Crippen LogP contribution in [0.3, 0.4) is 0 Å². The molecule has 3 saturated carbocycles. The number of ether oxygens (including phenoxy) is 8. The Bertz CT molecular complexity index is 4660. The number of rotatable bonds is 26. The summed E-state index contributed by atoms with van der Waals surface area (Å²) in [6, 6.07) is 59.7. The molecule has 3 aliphatic carbocycles. The quantitative estimate of drug-likeness (QED) is 0.0288. The minimum absolute atomic E-state index is 0.125. The molecule has 3 aliphatic rings. The van der Waals surface area contributed by atoms with Crippen LogP contribution in [0.4, 0.5) is 14.4 Å². The lowest BCUT2D eigenvalue weighted by atomic mass is 9.55. The van der Waals surface area contributed by atoms with Gasteiger partial charge in [0.2, 0.25) is 0 Å². The molecular weight excluding hydrogens is 1450 g/mol. The van der Waals surface area contributed by atoms with E-state index in [0.29, 0.717) is 58.0 Å². The van der Waals surface area contributed by atoms with Crippen molar-refractivity contribution >= 4 is 43.7 Å². The van der Waals surface area contributed by atoms with Gasteiger partial charge in [-0.15, -0.1) is 0 Å². The molecule has 0 aromatic heterocycles. The Morgan fingerprint density at radius 1 is 0.339 bits per heavy atom. The maximum Gasteiger partial charge on any atom is 0.519 e. The predicted octanol–water partition coefficient (Wildman–Crippen LogP) is 25.8. The van der Waals surface area contributed by atoms with E-state index in [1.807, 2.05) is 76.2 Å². The monoisotopic (exact) mass is 1570 g/mol. The molecule has 3 fully saturated rings. The molecule has 8 aromatic carbocycles. The van der Waals surface area contributed by atoms with E-state index in [1.165, 1.54) is 22.3 Å². The Morgan fingerprint density at radius 2 is 0.607 bits per heavy atom. The zero-order chi connectivity index (χ0) is 81.0. The number of benzene rings is 8. The lowest BCUT2D eigenvalue weighted by Crippen LogP contribution is -2.52. The Morgan fingerprint density at radius 3 is 0.875 bits per heavy atom. The molecule has 598 valence electrons. The topological polar surface area (TPSA) is 144 Å². The maximum atomic E-state index is 13.7. The van der Waals surface area contributed by atoms with E-state index < -0.39 is 43.7 Å². The minimum Gasteiger partial charge on any atom is -0.493 e. The van der Waals surface area contributed by atoms with Crippen LogP contribution in [-0.2, 0) is 37.3 Å². The predicted molar refractivity (Wildman–Crippen MR) is 457 cm³/mol. The highest BCUT2D eigenvalue weighted by molar-refractivity contribution is 6.87. The molecule has 6 atom stereocenters. The van der Waals surface area contributed by atoms with Crippen molar-refractivity contribution in [1.82, 2.24) is 0 Å². The molecule has 0 radical (unpaired) electrons. The van der Waals surface area contributed by atoms with Crippen molar-refractivity contribution < 1.29 is 60.5 Å². The zero-order valence-electron chi connectivity index (χ0n) is 70.8. The fourth-order valence-corrected chi connectivity index (χ4v) is 32.3. The van der Waals surface area contributed by atoms with E-state index in [0.717, 1.165) is 140 Å². The fourth-order valence-electron chi connectivity index (χ4n) is 18.3. The van der Waals surface area contributed by atoms with E-state index in [2.05, 4.69) is 211 Å². The Labute approximate surface area is 672 Å². The summed E-state index contributed by atoms with van der Waals surface area (Å²) in [7, 11) is -3.70. The molecule has 8 aromatic rings. The van der Waals surface area contributed by atoms with Gasteiger partial charge in [-0.1, -0.05) is 184 Å². The SMILES string of the molecule is COc1cc(CCC[Si](C)(C)O[Si](C)(C)O[Si](C)(C)CCCc2ccc(OC(=O)Oc3ccc(C4(c5ccc(OC(=O)Oc6ccc(C7(c8ccccc8)CCC(C)(C)C(C)C7)cc6C)c(C)c5)CCC(C)(C)C(C)C4)cc3C)c(OC)c2)ccc1OC(=O)Oc1ccc(C2(c3ccccc3)CCC(C)(C)C(C)C2)cc1C. The van der Waals surface area contributed by atoms with Gasteiger partial charge >= 0.3 is 27.0 Å². The molecule has 0 heterocycles. The third-order valence-electron chi connectivity index (χ3n) is 26.3. The first kappa shape index (κ1) is 84.6. The van der Waals surface area contributed by atoms with Crippen LogP contribution in [-0.4, -0.2) is 57.9 Å². The molecule has 0 aliphatic heterocycles. The van der Waals surface area contributed by atoms with Crippen LogP contribution in [0.25, 0.3) is 0 Å². The van der Waals surface area contributed by atoms with Gasteiger partial charge in [-0.25, -0.2) is 14.4 Å². The van der Waals surface area contributed by atoms with Crippen molar-refractivity contribution in [3.8, 4) is 46.0 Å². The van der Waals surface area contributed by atoms with Gasteiger partial charge in [0.25, 0.3) is 0 Å². The highest BCUT2D eigenvalue weighted by Crippen LogP contribution is 2.57. The molecular formula is C96H124O13Si3. The van der Waals surface area contributed by atoms with Crippen molar-refractivity contribution in [3.05, 3.63) is 237 Å². The first-order valence-electron chi connectivity index (χ1n) is 40.8. The smallest absolute Gasteiger partial charge is 0.493 e. The first-order valence-corrected chi connectivity index (χ1v) is 49.8. The average molecular weight is 1570 g/mol.